The molecule has 1 N–H and O–H groups in total. The van der Waals surface area contributed by atoms with Crippen molar-refractivity contribution < 1.29 is 24.4 Å². The van der Waals surface area contributed by atoms with Gasteiger partial charge in [0.15, 0.2) is 5.75 Å². The minimum atomic E-state index is -1.66. The molecular weight excluding hydrogens is 230 g/mol. The highest BCUT2D eigenvalue weighted by Gasteiger charge is 2.21. The predicted molar refractivity (Wildman–Crippen MR) is 56.2 cm³/mol. The summed E-state index contributed by atoms with van der Waals surface area (Å²) in [5.74, 6) is -2.86. The number of carbonyl (C=O) groups is 2. The molecule has 0 aliphatic rings. The van der Waals surface area contributed by atoms with Gasteiger partial charge in [-0.15, -0.1) is 0 Å². The van der Waals surface area contributed by atoms with Gasteiger partial charge in [-0.25, -0.2) is 4.79 Å². The van der Waals surface area contributed by atoms with Gasteiger partial charge in [-0.1, -0.05) is 0 Å². The number of Topliss-reactive ketones (excluding diaryl/α,β-unsaturated/α-hetero) is 1. The van der Waals surface area contributed by atoms with E-state index in [-0.39, 0.29) is 17.9 Å². The molecule has 0 saturated carbocycles. The van der Waals surface area contributed by atoms with Crippen molar-refractivity contribution in [2.75, 3.05) is 6.61 Å². The quantitative estimate of drug-likeness (QED) is 0.358. The van der Waals surface area contributed by atoms with Crippen molar-refractivity contribution in [3.8, 4) is 5.75 Å². The van der Waals surface area contributed by atoms with Crippen molar-refractivity contribution in [1.29, 1.82) is 0 Å². The lowest BCUT2D eigenvalue weighted by Crippen LogP contribution is -2.13. The minimum Gasteiger partial charge on any atom is -0.487 e. The first-order chi connectivity index (χ1) is 7.97. The molecular formula is C10H9NO6. The van der Waals surface area contributed by atoms with Crippen molar-refractivity contribution >= 4 is 17.4 Å². The predicted octanol–water partition coefficient (Wildman–Crippen LogP) is 1.26. The summed E-state index contributed by atoms with van der Waals surface area (Å²) in [6, 6.07) is 3.27. The number of nitro benzene ring substituents is 1. The van der Waals surface area contributed by atoms with Crippen molar-refractivity contribution in [2.45, 2.75) is 6.92 Å². The second-order valence-corrected chi connectivity index (χ2v) is 3.01. The average molecular weight is 239 g/mol. The zero-order chi connectivity index (χ0) is 13.0. The van der Waals surface area contributed by atoms with Crippen LogP contribution in [0.1, 0.15) is 17.3 Å². The summed E-state index contributed by atoms with van der Waals surface area (Å²) >= 11 is 0. The van der Waals surface area contributed by atoms with E-state index in [1.54, 1.807) is 6.92 Å². The number of aliphatic carboxylic acids is 1. The van der Waals surface area contributed by atoms with Gasteiger partial charge in [0.1, 0.15) is 0 Å². The number of carboxylic acid groups (broad SMARTS) is 1. The smallest absolute Gasteiger partial charge is 0.377 e. The molecule has 0 spiro atoms. The van der Waals surface area contributed by atoms with Gasteiger partial charge in [-0.05, 0) is 19.1 Å². The molecule has 0 saturated heterocycles. The molecule has 0 aliphatic carbocycles. The van der Waals surface area contributed by atoms with Crippen LogP contribution in [0.15, 0.2) is 18.2 Å². The molecule has 0 aliphatic heterocycles. The largest absolute Gasteiger partial charge is 0.487 e. The third-order valence-corrected chi connectivity index (χ3v) is 1.91. The van der Waals surface area contributed by atoms with E-state index in [1.165, 1.54) is 12.1 Å². The zero-order valence-electron chi connectivity index (χ0n) is 8.87. The Hall–Kier alpha value is -2.44. The number of ketones is 1. The monoisotopic (exact) mass is 239 g/mol. The Balaban J connectivity index is 3.23. The van der Waals surface area contributed by atoms with Gasteiger partial charge in [0.05, 0.1) is 11.5 Å². The molecule has 1 aromatic rings. The van der Waals surface area contributed by atoms with Gasteiger partial charge in [0, 0.05) is 11.6 Å². The lowest BCUT2D eigenvalue weighted by atomic mass is 10.1. The second-order valence-electron chi connectivity index (χ2n) is 3.01. The van der Waals surface area contributed by atoms with E-state index >= 15 is 0 Å². The Morgan fingerprint density at radius 1 is 1.47 bits per heavy atom. The summed E-state index contributed by atoms with van der Waals surface area (Å²) in [6.07, 6.45) is 0. The van der Waals surface area contributed by atoms with Crippen LogP contribution in [-0.2, 0) is 4.79 Å². The molecule has 17 heavy (non-hydrogen) atoms. The summed E-state index contributed by atoms with van der Waals surface area (Å²) in [4.78, 5) is 31.5. The highest BCUT2D eigenvalue weighted by molar-refractivity contribution is 6.39. The van der Waals surface area contributed by atoms with Gasteiger partial charge in [0.2, 0.25) is 0 Å². The number of nitro groups is 1. The van der Waals surface area contributed by atoms with Gasteiger partial charge in [-0.3, -0.25) is 14.9 Å². The molecule has 90 valence electrons. The lowest BCUT2D eigenvalue weighted by Gasteiger charge is -2.04. The van der Waals surface area contributed by atoms with Crippen LogP contribution in [0.25, 0.3) is 0 Å². The molecule has 7 heteroatoms. The Morgan fingerprint density at radius 2 is 2.12 bits per heavy atom. The fourth-order valence-electron chi connectivity index (χ4n) is 1.20. The first-order valence-electron chi connectivity index (χ1n) is 4.66. The molecule has 1 aromatic carbocycles. The standard InChI is InChI=1S/C10H9NO6/c1-2-17-8-4-3-6(9(12)10(13)14)5-7(8)11(15)16/h3-5H,2H2,1H3,(H,13,14). The summed E-state index contributed by atoms with van der Waals surface area (Å²) in [6.45, 7) is 1.88. The Labute approximate surface area is 95.8 Å². The number of carboxylic acids is 1. The topological polar surface area (TPSA) is 107 Å². The molecule has 1 rings (SSSR count). The molecule has 0 aromatic heterocycles. The summed E-state index contributed by atoms with van der Waals surface area (Å²) in [7, 11) is 0. The highest BCUT2D eigenvalue weighted by atomic mass is 16.6. The fourth-order valence-corrected chi connectivity index (χ4v) is 1.20. The maximum atomic E-state index is 11.1. The molecule has 7 nitrogen and oxygen atoms in total. The molecule has 0 unspecified atom stereocenters. The Morgan fingerprint density at radius 3 is 2.59 bits per heavy atom. The fraction of sp³-hybridized carbons (Fsp3) is 0.200. The Bertz CT molecular complexity index is 482. The lowest BCUT2D eigenvalue weighted by molar-refractivity contribution is -0.385. The van der Waals surface area contributed by atoms with Crippen LogP contribution in [0.5, 0.6) is 5.75 Å². The number of hydrogen-bond acceptors (Lipinski definition) is 5. The highest BCUT2D eigenvalue weighted by Crippen LogP contribution is 2.28. The third-order valence-electron chi connectivity index (χ3n) is 1.91. The summed E-state index contributed by atoms with van der Waals surface area (Å²) in [5, 5.41) is 19.2. The van der Waals surface area contributed by atoms with Gasteiger partial charge in [-0.2, -0.15) is 0 Å². The molecule has 0 fully saturated rings. The SMILES string of the molecule is CCOc1ccc(C(=O)C(=O)O)cc1[N+](=O)[O-]. The van der Waals surface area contributed by atoms with Crippen molar-refractivity contribution in [3.63, 3.8) is 0 Å². The van der Waals surface area contributed by atoms with E-state index in [1.807, 2.05) is 0 Å². The molecule has 0 bridgehead atoms. The summed E-state index contributed by atoms with van der Waals surface area (Å²) < 4.78 is 4.99. The number of ether oxygens (including phenoxy) is 1. The number of benzene rings is 1. The van der Waals surface area contributed by atoms with Gasteiger partial charge in [0.25, 0.3) is 5.78 Å². The number of rotatable bonds is 5. The zero-order valence-corrected chi connectivity index (χ0v) is 8.87. The van der Waals surface area contributed by atoms with E-state index < -0.39 is 22.4 Å². The second kappa shape index (κ2) is 5.06. The summed E-state index contributed by atoms with van der Waals surface area (Å²) in [5.41, 5.74) is -0.688. The molecule has 0 atom stereocenters. The van der Waals surface area contributed by atoms with Crippen LogP contribution in [-0.4, -0.2) is 28.4 Å². The maximum Gasteiger partial charge on any atom is 0.377 e. The molecule has 0 heterocycles. The molecule has 0 amide bonds. The number of hydrogen-bond donors (Lipinski definition) is 1. The number of carbonyl (C=O) groups excluding carboxylic acids is 1. The van der Waals surface area contributed by atoms with Crippen LogP contribution in [0, 0.1) is 10.1 Å². The normalized spacial score (nSPS) is 9.71. The minimum absolute atomic E-state index is 0.000520. The third kappa shape index (κ3) is 2.77. The van der Waals surface area contributed by atoms with Crippen molar-refractivity contribution in [3.05, 3.63) is 33.9 Å². The maximum absolute atomic E-state index is 11.1. The van der Waals surface area contributed by atoms with E-state index in [9.17, 15) is 19.7 Å². The Kier molecular flexibility index (Phi) is 3.76. The van der Waals surface area contributed by atoms with E-state index in [0.717, 1.165) is 6.07 Å². The van der Waals surface area contributed by atoms with Crippen LogP contribution >= 0.6 is 0 Å². The van der Waals surface area contributed by atoms with Crippen LogP contribution in [0.4, 0.5) is 5.69 Å². The van der Waals surface area contributed by atoms with Gasteiger partial charge < -0.3 is 9.84 Å². The first kappa shape index (κ1) is 12.6. The molecule has 0 radical (unpaired) electrons. The van der Waals surface area contributed by atoms with E-state index in [0.29, 0.717) is 0 Å². The van der Waals surface area contributed by atoms with E-state index in [4.69, 9.17) is 9.84 Å². The van der Waals surface area contributed by atoms with E-state index in [2.05, 4.69) is 0 Å². The van der Waals surface area contributed by atoms with Crippen LogP contribution < -0.4 is 4.74 Å². The number of nitrogens with zero attached hydrogens (tertiary/aromatic N) is 1. The van der Waals surface area contributed by atoms with Gasteiger partial charge >= 0.3 is 11.7 Å². The first-order valence-corrected chi connectivity index (χ1v) is 4.66. The van der Waals surface area contributed by atoms with Crippen LogP contribution in [0.3, 0.4) is 0 Å². The average Bonchev–Trinajstić information content (AvgIpc) is 2.28. The van der Waals surface area contributed by atoms with Crippen molar-refractivity contribution in [2.24, 2.45) is 0 Å². The van der Waals surface area contributed by atoms with Crippen molar-refractivity contribution in [1.82, 2.24) is 0 Å². The van der Waals surface area contributed by atoms with Crippen LogP contribution in [0.2, 0.25) is 0 Å².